The summed E-state index contributed by atoms with van der Waals surface area (Å²) < 4.78 is 0. The first kappa shape index (κ1) is 20.4. The van der Waals surface area contributed by atoms with Crippen molar-refractivity contribution >= 4 is 28.7 Å². The Morgan fingerprint density at radius 2 is 1.54 bits per heavy atom. The Hall–Kier alpha value is -1.69. The predicted octanol–water partition coefficient (Wildman–Crippen LogP) is 5.41. The third kappa shape index (κ3) is 9.45. The van der Waals surface area contributed by atoms with Gasteiger partial charge in [-0.05, 0) is 30.8 Å². The number of nitro benzene ring substituents is 1. The molecular formula is C18H29N3O2S. The Labute approximate surface area is 150 Å². The van der Waals surface area contributed by atoms with E-state index < -0.39 is 4.92 Å². The number of nitrogens with zero attached hydrogens (tertiary/aromatic N) is 1. The fourth-order valence-corrected chi connectivity index (χ4v) is 2.70. The van der Waals surface area contributed by atoms with Gasteiger partial charge in [0.2, 0.25) is 0 Å². The van der Waals surface area contributed by atoms with Crippen molar-refractivity contribution in [3.63, 3.8) is 0 Å². The fourth-order valence-electron chi connectivity index (χ4n) is 2.48. The van der Waals surface area contributed by atoms with Crippen molar-refractivity contribution in [2.24, 2.45) is 0 Å². The Morgan fingerprint density at radius 3 is 2.08 bits per heavy atom. The van der Waals surface area contributed by atoms with Gasteiger partial charge in [0.1, 0.15) is 0 Å². The van der Waals surface area contributed by atoms with Gasteiger partial charge in [-0.25, -0.2) is 0 Å². The fraction of sp³-hybridized carbons (Fsp3) is 0.611. The van der Waals surface area contributed by atoms with E-state index in [-0.39, 0.29) is 5.69 Å². The zero-order valence-electron chi connectivity index (χ0n) is 14.6. The molecule has 0 amide bonds. The molecular weight excluding hydrogens is 322 g/mol. The Morgan fingerprint density at radius 1 is 1.00 bits per heavy atom. The van der Waals surface area contributed by atoms with E-state index in [9.17, 15) is 10.1 Å². The molecule has 0 saturated carbocycles. The zero-order chi connectivity index (χ0) is 17.6. The summed E-state index contributed by atoms with van der Waals surface area (Å²) in [4.78, 5) is 10.2. The number of thiocarbonyl (C=S) groups is 1. The summed E-state index contributed by atoms with van der Waals surface area (Å²) in [5.41, 5.74) is 0.833. The molecule has 1 rings (SSSR count). The largest absolute Gasteiger partial charge is 0.362 e. The molecule has 24 heavy (non-hydrogen) atoms. The quantitative estimate of drug-likeness (QED) is 0.228. The molecule has 1 aromatic carbocycles. The lowest BCUT2D eigenvalue weighted by molar-refractivity contribution is -0.384. The molecule has 0 bridgehead atoms. The van der Waals surface area contributed by atoms with Crippen LogP contribution in [0.3, 0.4) is 0 Å². The van der Waals surface area contributed by atoms with Crippen molar-refractivity contribution in [2.45, 2.75) is 64.7 Å². The van der Waals surface area contributed by atoms with Crippen LogP contribution in [0, 0.1) is 10.1 Å². The van der Waals surface area contributed by atoms with Crippen LogP contribution >= 0.6 is 12.2 Å². The van der Waals surface area contributed by atoms with E-state index >= 15 is 0 Å². The highest BCUT2D eigenvalue weighted by Crippen LogP contribution is 2.15. The Bertz CT molecular complexity index is 492. The molecule has 0 aliphatic carbocycles. The molecule has 0 spiro atoms. The van der Waals surface area contributed by atoms with Gasteiger partial charge in [-0.15, -0.1) is 0 Å². The third-order valence-electron chi connectivity index (χ3n) is 3.90. The molecule has 5 nitrogen and oxygen atoms in total. The molecule has 2 N–H and O–H groups in total. The minimum Gasteiger partial charge on any atom is -0.362 e. The van der Waals surface area contributed by atoms with Gasteiger partial charge in [-0.2, -0.15) is 0 Å². The Balaban J connectivity index is 2.03. The molecule has 6 heteroatoms. The molecule has 1 aromatic rings. The van der Waals surface area contributed by atoms with Crippen molar-refractivity contribution in [2.75, 3.05) is 11.9 Å². The third-order valence-corrected chi connectivity index (χ3v) is 4.15. The van der Waals surface area contributed by atoms with Crippen molar-refractivity contribution < 1.29 is 4.92 Å². The predicted molar refractivity (Wildman–Crippen MR) is 105 cm³/mol. The lowest BCUT2D eigenvalue weighted by Crippen LogP contribution is -2.29. The molecule has 134 valence electrons. The van der Waals surface area contributed by atoms with Crippen LogP contribution in [-0.2, 0) is 0 Å². The van der Waals surface area contributed by atoms with Crippen LogP contribution in [0.4, 0.5) is 11.4 Å². The number of unbranched alkanes of at least 4 members (excludes halogenated alkanes) is 8. The lowest BCUT2D eigenvalue weighted by atomic mass is 10.1. The molecule has 0 aromatic heterocycles. The monoisotopic (exact) mass is 351 g/mol. The van der Waals surface area contributed by atoms with Crippen molar-refractivity contribution in [1.82, 2.24) is 5.32 Å². The average Bonchev–Trinajstić information content (AvgIpc) is 2.57. The molecule has 0 radical (unpaired) electrons. The van der Waals surface area contributed by atoms with Crippen molar-refractivity contribution in [3.8, 4) is 0 Å². The van der Waals surface area contributed by atoms with Gasteiger partial charge in [-0.3, -0.25) is 10.1 Å². The van der Waals surface area contributed by atoms with Crippen LogP contribution in [-0.4, -0.2) is 16.6 Å². The Kier molecular flexibility index (Phi) is 10.8. The van der Waals surface area contributed by atoms with E-state index in [1.807, 2.05) is 0 Å². The van der Waals surface area contributed by atoms with Gasteiger partial charge in [-0.1, -0.05) is 58.3 Å². The smallest absolute Gasteiger partial charge is 0.269 e. The van der Waals surface area contributed by atoms with Crippen LogP contribution in [0.1, 0.15) is 64.7 Å². The highest BCUT2D eigenvalue weighted by molar-refractivity contribution is 7.80. The molecule has 0 aliphatic rings. The summed E-state index contributed by atoms with van der Waals surface area (Å²) in [6.07, 6.45) is 11.7. The molecule has 0 fully saturated rings. The minimum absolute atomic E-state index is 0.0779. The summed E-state index contributed by atoms with van der Waals surface area (Å²) in [7, 11) is 0. The maximum Gasteiger partial charge on any atom is 0.269 e. The number of nitro groups is 1. The second kappa shape index (κ2) is 12.7. The van der Waals surface area contributed by atoms with E-state index in [2.05, 4.69) is 17.6 Å². The van der Waals surface area contributed by atoms with Crippen LogP contribution in [0.25, 0.3) is 0 Å². The first-order chi connectivity index (χ1) is 11.6. The second-order valence-electron chi connectivity index (χ2n) is 6.01. The van der Waals surface area contributed by atoms with Gasteiger partial charge in [0.15, 0.2) is 5.11 Å². The van der Waals surface area contributed by atoms with Crippen molar-refractivity contribution in [3.05, 3.63) is 34.4 Å². The molecule has 0 heterocycles. The average molecular weight is 352 g/mol. The molecule has 0 atom stereocenters. The van der Waals surface area contributed by atoms with Gasteiger partial charge in [0, 0.05) is 24.4 Å². The van der Waals surface area contributed by atoms with Gasteiger partial charge in [0.25, 0.3) is 5.69 Å². The number of hydrogen-bond donors (Lipinski definition) is 2. The maximum atomic E-state index is 10.6. The van der Waals surface area contributed by atoms with Crippen molar-refractivity contribution in [1.29, 1.82) is 0 Å². The minimum atomic E-state index is -0.413. The highest BCUT2D eigenvalue weighted by atomic mass is 32.1. The molecule has 0 aliphatic heterocycles. The number of benzene rings is 1. The SMILES string of the molecule is CCCCCCCCCCCNC(=S)Nc1ccc([N+](=O)[O-])cc1. The molecule has 0 saturated heterocycles. The summed E-state index contributed by atoms with van der Waals surface area (Å²) in [5, 5.41) is 17.4. The lowest BCUT2D eigenvalue weighted by Gasteiger charge is -2.10. The van der Waals surface area contributed by atoms with E-state index in [4.69, 9.17) is 12.2 Å². The topological polar surface area (TPSA) is 67.2 Å². The van der Waals surface area contributed by atoms with Gasteiger partial charge >= 0.3 is 0 Å². The van der Waals surface area contributed by atoms with Crippen LogP contribution < -0.4 is 10.6 Å². The van der Waals surface area contributed by atoms with E-state index in [1.54, 1.807) is 12.1 Å². The standard InChI is InChI=1S/C18H29N3O2S/c1-2-3-4-5-6-7-8-9-10-15-19-18(24)20-16-11-13-17(14-12-16)21(22)23/h11-14H,2-10,15H2,1H3,(H2,19,20,24). The number of non-ortho nitro benzene ring substituents is 1. The van der Waals surface area contributed by atoms with Crippen LogP contribution in [0.2, 0.25) is 0 Å². The first-order valence-corrected chi connectivity index (χ1v) is 9.33. The van der Waals surface area contributed by atoms with E-state index in [0.29, 0.717) is 5.11 Å². The van der Waals surface area contributed by atoms with Crippen LogP contribution in [0.5, 0.6) is 0 Å². The van der Waals surface area contributed by atoms with Gasteiger partial charge < -0.3 is 10.6 Å². The highest BCUT2D eigenvalue weighted by Gasteiger charge is 2.04. The van der Waals surface area contributed by atoms with E-state index in [0.717, 1.165) is 18.7 Å². The van der Waals surface area contributed by atoms with Crippen LogP contribution in [0.15, 0.2) is 24.3 Å². The van der Waals surface area contributed by atoms with Gasteiger partial charge in [0.05, 0.1) is 4.92 Å². The maximum absolute atomic E-state index is 10.6. The second-order valence-corrected chi connectivity index (χ2v) is 6.42. The normalized spacial score (nSPS) is 10.4. The first-order valence-electron chi connectivity index (χ1n) is 8.92. The number of nitrogens with one attached hydrogen (secondary N) is 2. The summed E-state index contributed by atoms with van der Waals surface area (Å²) in [6, 6.07) is 6.24. The van der Waals surface area contributed by atoms with E-state index in [1.165, 1.54) is 63.5 Å². The summed E-state index contributed by atoms with van der Waals surface area (Å²) in [6.45, 7) is 3.10. The zero-order valence-corrected chi connectivity index (χ0v) is 15.4. The summed E-state index contributed by atoms with van der Waals surface area (Å²) in [5.74, 6) is 0. The number of anilines is 1. The number of hydrogen-bond acceptors (Lipinski definition) is 3. The summed E-state index contributed by atoms with van der Waals surface area (Å²) >= 11 is 5.22. The number of rotatable bonds is 12. The molecule has 0 unspecified atom stereocenters.